The average Bonchev–Trinajstić information content (AvgIpc) is 2.82. The lowest BCUT2D eigenvalue weighted by molar-refractivity contribution is -0.140. The molecule has 1 rings (SSSR count). The van der Waals surface area contributed by atoms with Crippen molar-refractivity contribution in [3.8, 4) is 0 Å². The third kappa shape index (κ3) is 6.24. The number of nitrogens with one attached hydrogen (secondary N) is 2. The summed E-state index contributed by atoms with van der Waals surface area (Å²) in [6.07, 6.45) is 5.52. The van der Waals surface area contributed by atoms with Gasteiger partial charge in [-0.05, 0) is 19.3 Å². The Morgan fingerprint density at radius 3 is 2.79 bits per heavy atom. The molecule has 108 valence electrons. The van der Waals surface area contributed by atoms with Gasteiger partial charge in [0.1, 0.15) is 0 Å². The molecule has 6 nitrogen and oxygen atoms in total. The zero-order chi connectivity index (χ0) is 14.1. The zero-order valence-corrected chi connectivity index (χ0v) is 11.2. The highest BCUT2D eigenvalue weighted by Gasteiger charge is 2.25. The highest BCUT2D eigenvalue weighted by atomic mass is 16.5. The Hall–Kier alpha value is -1.56. The Morgan fingerprint density at radius 1 is 1.37 bits per heavy atom. The smallest absolute Gasteiger partial charge is 0.315 e. The summed E-state index contributed by atoms with van der Waals surface area (Å²) >= 11 is 0. The lowest BCUT2D eigenvalue weighted by Gasteiger charge is -2.13. The van der Waals surface area contributed by atoms with Gasteiger partial charge in [0.15, 0.2) is 0 Å². The Bertz CT molecular complexity index is 331. The molecule has 0 bridgehead atoms. The van der Waals surface area contributed by atoms with Crippen molar-refractivity contribution in [2.45, 2.75) is 32.2 Å². The first-order valence-corrected chi connectivity index (χ1v) is 6.66. The van der Waals surface area contributed by atoms with E-state index in [2.05, 4.69) is 10.6 Å². The van der Waals surface area contributed by atoms with Gasteiger partial charge in [-0.25, -0.2) is 4.79 Å². The van der Waals surface area contributed by atoms with E-state index in [0.717, 1.165) is 19.4 Å². The number of aliphatic carboxylic acids is 1. The molecule has 0 fully saturated rings. The van der Waals surface area contributed by atoms with Crippen LogP contribution in [-0.4, -0.2) is 42.9 Å². The van der Waals surface area contributed by atoms with Crippen molar-refractivity contribution in [3.05, 3.63) is 12.2 Å². The van der Waals surface area contributed by atoms with Crippen LogP contribution in [0.25, 0.3) is 0 Å². The molecule has 0 saturated heterocycles. The fourth-order valence-corrected chi connectivity index (χ4v) is 1.83. The molecule has 3 N–H and O–H groups in total. The van der Waals surface area contributed by atoms with Gasteiger partial charge < -0.3 is 20.5 Å². The Balaban J connectivity index is 2.06. The molecule has 0 aromatic carbocycles. The highest BCUT2D eigenvalue weighted by molar-refractivity contribution is 5.76. The molecule has 1 aliphatic rings. The molecule has 2 atom stereocenters. The summed E-state index contributed by atoms with van der Waals surface area (Å²) in [7, 11) is 0. The van der Waals surface area contributed by atoms with Crippen molar-refractivity contribution in [1.29, 1.82) is 0 Å². The molecule has 19 heavy (non-hydrogen) atoms. The number of carbonyl (C=O) groups excluding carboxylic acids is 1. The van der Waals surface area contributed by atoms with Crippen molar-refractivity contribution in [1.82, 2.24) is 10.6 Å². The number of carbonyl (C=O) groups is 2. The maximum atomic E-state index is 11.5. The van der Waals surface area contributed by atoms with Gasteiger partial charge in [-0.2, -0.15) is 0 Å². The summed E-state index contributed by atoms with van der Waals surface area (Å²) in [6.45, 7) is 3.98. The SMILES string of the molecule is CCCOCCCNC(=O)NC1C=CC(C(=O)O)C1. The Kier molecular flexibility index (Phi) is 6.95. The van der Waals surface area contributed by atoms with E-state index in [1.165, 1.54) is 0 Å². The van der Waals surface area contributed by atoms with Crippen molar-refractivity contribution < 1.29 is 19.4 Å². The number of carboxylic acids is 1. The van der Waals surface area contributed by atoms with Crippen molar-refractivity contribution in [2.24, 2.45) is 5.92 Å². The van der Waals surface area contributed by atoms with E-state index >= 15 is 0 Å². The van der Waals surface area contributed by atoms with E-state index in [4.69, 9.17) is 9.84 Å². The minimum Gasteiger partial charge on any atom is -0.481 e. The van der Waals surface area contributed by atoms with E-state index < -0.39 is 11.9 Å². The number of urea groups is 1. The summed E-state index contributed by atoms with van der Waals surface area (Å²) in [4.78, 5) is 22.3. The van der Waals surface area contributed by atoms with Gasteiger partial charge in [-0.1, -0.05) is 19.1 Å². The van der Waals surface area contributed by atoms with Gasteiger partial charge in [-0.3, -0.25) is 4.79 Å². The Morgan fingerprint density at radius 2 is 2.16 bits per heavy atom. The number of ether oxygens (including phenoxy) is 1. The number of rotatable bonds is 8. The number of hydrogen-bond donors (Lipinski definition) is 3. The second-order valence-electron chi connectivity index (χ2n) is 4.54. The summed E-state index contributed by atoms with van der Waals surface area (Å²) in [5, 5.41) is 14.3. The summed E-state index contributed by atoms with van der Waals surface area (Å²) in [6, 6.07) is -0.464. The van der Waals surface area contributed by atoms with Crippen LogP contribution < -0.4 is 10.6 Å². The highest BCUT2D eigenvalue weighted by Crippen LogP contribution is 2.17. The fraction of sp³-hybridized carbons (Fsp3) is 0.692. The maximum absolute atomic E-state index is 11.5. The van der Waals surface area contributed by atoms with Crippen LogP contribution in [0, 0.1) is 5.92 Å². The van der Waals surface area contributed by atoms with Crippen LogP contribution in [0.15, 0.2) is 12.2 Å². The predicted octanol–water partition coefficient (Wildman–Crippen LogP) is 1.13. The van der Waals surface area contributed by atoms with Crippen LogP contribution in [0.2, 0.25) is 0 Å². The second-order valence-corrected chi connectivity index (χ2v) is 4.54. The fourth-order valence-electron chi connectivity index (χ4n) is 1.83. The van der Waals surface area contributed by atoms with Gasteiger partial charge in [-0.15, -0.1) is 0 Å². The quantitative estimate of drug-likeness (QED) is 0.456. The number of hydrogen-bond acceptors (Lipinski definition) is 3. The van der Waals surface area contributed by atoms with Crippen LogP contribution >= 0.6 is 0 Å². The number of carboxylic acid groups (broad SMARTS) is 1. The Labute approximate surface area is 113 Å². The van der Waals surface area contributed by atoms with Gasteiger partial charge in [0, 0.05) is 19.8 Å². The standard InChI is InChI=1S/C13H22N2O4/c1-2-7-19-8-3-6-14-13(18)15-11-5-4-10(9-11)12(16)17/h4-5,10-11H,2-3,6-9H2,1H3,(H,16,17)(H2,14,15,18). The molecule has 6 heteroatoms. The van der Waals surface area contributed by atoms with Crippen LogP contribution in [0.4, 0.5) is 4.79 Å². The van der Waals surface area contributed by atoms with Gasteiger partial charge in [0.2, 0.25) is 0 Å². The van der Waals surface area contributed by atoms with E-state index in [0.29, 0.717) is 19.6 Å². The third-order valence-corrected chi connectivity index (χ3v) is 2.82. The average molecular weight is 270 g/mol. The molecular formula is C13H22N2O4. The molecule has 0 radical (unpaired) electrons. The van der Waals surface area contributed by atoms with Gasteiger partial charge in [0.05, 0.1) is 12.0 Å². The molecule has 1 aliphatic carbocycles. The molecule has 2 unspecified atom stereocenters. The summed E-state index contributed by atoms with van der Waals surface area (Å²) in [5.41, 5.74) is 0. The van der Waals surface area contributed by atoms with Gasteiger partial charge in [0.25, 0.3) is 0 Å². The summed E-state index contributed by atoms with van der Waals surface area (Å²) in [5.74, 6) is -1.35. The van der Waals surface area contributed by atoms with E-state index in [9.17, 15) is 9.59 Å². The van der Waals surface area contributed by atoms with Crippen molar-refractivity contribution >= 4 is 12.0 Å². The maximum Gasteiger partial charge on any atom is 0.315 e. The predicted molar refractivity (Wildman–Crippen MR) is 70.9 cm³/mol. The summed E-state index contributed by atoms with van der Waals surface area (Å²) < 4.78 is 5.29. The van der Waals surface area contributed by atoms with E-state index in [-0.39, 0.29) is 12.1 Å². The first kappa shape index (κ1) is 15.5. The second kappa shape index (κ2) is 8.53. The van der Waals surface area contributed by atoms with Crippen LogP contribution in [0.5, 0.6) is 0 Å². The molecule has 0 spiro atoms. The number of amides is 2. The molecule has 0 saturated carbocycles. The first-order valence-electron chi connectivity index (χ1n) is 6.66. The third-order valence-electron chi connectivity index (χ3n) is 2.82. The first-order chi connectivity index (χ1) is 9.13. The van der Waals surface area contributed by atoms with Crippen molar-refractivity contribution in [2.75, 3.05) is 19.8 Å². The lowest BCUT2D eigenvalue weighted by atomic mass is 10.1. The molecule has 0 aromatic heterocycles. The molecule has 0 aliphatic heterocycles. The lowest BCUT2D eigenvalue weighted by Crippen LogP contribution is -2.41. The molecule has 0 heterocycles. The van der Waals surface area contributed by atoms with Crippen LogP contribution in [0.3, 0.4) is 0 Å². The monoisotopic (exact) mass is 270 g/mol. The largest absolute Gasteiger partial charge is 0.481 e. The van der Waals surface area contributed by atoms with E-state index in [1.807, 2.05) is 6.92 Å². The van der Waals surface area contributed by atoms with Crippen LogP contribution in [0.1, 0.15) is 26.2 Å². The van der Waals surface area contributed by atoms with Crippen LogP contribution in [-0.2, 0) is 9.53 Å². The minimum atomic E-state index is -0.853. The van der Waals surface area contributed by atoms with Gasteiger partial charge >= 0.3 is 12.0 Å². The zero-order valence-electron chi connectivity index (χ0n) is 11.2. The van der Waals surface area contributed by atoms with Crippen molar-refractivity contribution in [3.63, 3.8) is 0 Å². The minimum absolute atomic E-state index is 0.197. The van der Waals surface area contributed by atoms with E-state index in [1.54, 1.807) is 12.2 Å². The molecular weight excluding hydrogens is 248 g/mol. The molecule has 2 amide bonds. The normalized spacial score (nSPS) is 21.3. The molecule has 0 aromatic rings. The topological polar surface area (TPSA) is 87.7 Å².